The molecule has 66 valence electrons. The van der Waals surface area contributed by atoms with Crippen LogP contribution in [0.5, 0.6) is 5.75 Å². The lowest BCUT2D eigenvalue weighted by atomic mass is 10.3. The summed E-state index contributed by atoms with van der Waals surface area (Å²) in [5.74, 6) is 0.589. The third-order valence-electron chi connectivity index (χ3n) is 1.03. The Balaban J connectivity index is 2.78. The van der Waals surface area contributed by atoms with Gasteiger partial charge in [-0.3, -0.25) is 0 Å². The van der Waals surface area contributed by atoms with E-state index in [1.165, 1.54) is 0 Å². The Morgan fingerprint density at radius 3 is 2.17 bits per heavy atom. The van der Waals surface area contributed by atoms with Crippen molar-refractivity contribution in [2.45, 2.75) is 0 Å². The molecule has 0 saturated heterocycles. The summed E-state index contributed by atoms with van der Waals surface area (Å²) >= 11 is 19.1. The molecule has 12 heavy (non-hydrogen) atoms. The van der Waals surface area contributed by atoms with Crippen molar-refractivity contribution in [3.8, 4) is 5.75 Å². The lowest BCUT2D eigenvalue weighted by molar-refractivity contribution is 0.636. The molecule has 0 aliphatic heterocycles. The molecule has 0 N–H and O–H groups in total. The van der Waals surface area contributed by atoms with Crippen molar-refractivity contribution in [1.82, 2.24) is 0 Å². The maximum Gasteiger partial charge on any atom is 0.289 e. The van der Waals surface area contributed by atoms with E-state index in [2.05, 4.69) is 15.9 Å². The lowest BCUT2D eigenvalue weighted by Crippen LogP contribution is -1.79. The molecule has 0 aliphatic rings. The molecular formula is C6H4BrCl2OPS. The Morgan fingerprint density at radius 2 is 1.75 bits per heavy atom. The van der Waals surface area contributed by atoms with E-state index < -0.39 is 4.97 Å². The van der Waals surface area contributed by atoms with Gasteiger partial charge in [0.2, 0.25) is 0 Å². The van der Waals surface area contributed by atoms with Crippen LogP contribution in [0.4, 0.5) is 0 Å². The SMILES string of the molecule is S=P(Cl)(Cl)Oc1ccc(Br)cc1. The predicted octanol–water partition coefficient (Wildman–Crippen LogP) is 4.53. The fourth-order valence-corrected chi connectivity index (χ4v) is 1.99. The molecule has 0 fully saturated rings. The van der Waals surface area contributed by atoms with Gasteiger partial charge in [-0.15, -0.1) is 0 Å². The average Bonchev–Trinajstić information content (AvgIpc) is 1.91. The third-order valence-corrected chi connectivity index (χ3v) is 2.62. The number of hydrogen-bond acceptors (Lipinski definition) is 2. The first-order chi connectivity index (χ1) is 5.47. The summed E-state index contributed by atoms with van der Waals surface area (Å²) in [6.45, 7) is 0. The molecule has 0 aliphatic carbocycles. The second kappa shape index (κ2) is 4.30. The second-order valence-corrected chi connectivity index (χ2v) is 10.0. The zero-order chi connectivity index (χ0) is 9.19. The number of hydrogen-bond donors (Lipinski definition) is 0. The van der Waals surface area contributed by atoms with Crippen LogP contribution in [0.3, 0.4) is 0 Å². The van der Waals surface area contributed by atoms with Crippen LogP contribution in [-0.4, -0.2) is 0 Å². The first kappa shape index (κ1) is 10.8. The van der Waals surface area contributed by atoms with Gasteiger partial charge in [0.25, 0.3) is 4.97 Å². The summed E-state index contributed by atoms with van der Waals surface area (Å²) in [5.41, 5.74) is 0. The fraction of sp³-hybridized carbons (Fsp3) is 0. The quantitative estimate of drug-likeness (QED) is 0.742. The minimum Gasteiger partial charge on any atom is -0.441 e. The molecule has 6 heteroatoms. The van der Waals surface area contributed by atoms with E-state index in [9.17, 15) is 0 Å². The highest BCUT2D eigenvalue weighted by atomic mass is 79.9. The Labute approximate surface area is 93.8 Å². The minimum absolute atomic E-state index is 0.589. The Kier molecular flexibility index (Phi) is 3.87. The topological polar surface area (TPSA) is 9.23 Å². The van der Waals surface area contributed by atoms with Crippen molar-refractivity contribution in [3.63, 3.8) is 0 Å². The molecule has 0 spiro atoms. The van der Waals surface area contributed by atoms with Crippen molar-refractivity contribution in [3.05, 3.63) is 28.7 Å². The van der Waals surface area contributed by atoms with Gasteiger partial charge in [-0.05, 0) is 58.6 Å². The fourth-order valence-electron chi connectivity index (χ4n) is 0.618. The normalized spacial score (nSPS) is 11.2. The smallest absolute Gasteiger partial charge is 0.289 e. The van der Waals surface area contributed by atoms with Gasteiger partial charge in [-0.25, -0.2) is 0 Å². The lowest BCUT2D eigenvalue weighted by Gasteiger charge is -2.07. The monoisotopic (exact) mass is 304 g/mol. The summed E-state index contributed by atoms with van der Waals surface area (Å²) in [4.78, 5) is -2.64. The summed E-state index contributed by atoms with van der Waals surface area (Å²) < 4.78 is 6.06. The molecule has 0 unspecified atom stereocenters. The highest BCUT2D eigenvalue weighted by Crippen LogP contribution is 2.57. The van der Waals surface area contributed by atoms with Crippen LogP contribution >= 0.6 is 43.4 Å². The van der Waals surface area contributed by atoms with E-state index >= 15 is 0 Å². The summed E-state index contributed by atoms with van der Waals surface area (Å²) in [6.07, 6.45) is 0. The van der Waals surface area contributed by atoms with Gasteiger partial charge in [-0.2, -0.15) is 0 Å². The van der Waals surface area contributed by atoms with E-state index in [4.69, 9.17) is 38.8 Å². The van der Waals surface area contributed by atoms with Crippen molar-refractivity contribution in [2.24, 2.45) is 0 Å². The molecule has 0 aromatic heterocycles. The van der Waals surface area contributed by atoms with Gasteiger partial charge in [0, 0.05) is 4.47 Å². The molecular weight excluding hydrogens is 302 g/mol. The van der Waals surface area contributed by atoms with Gasteiger partial charge in [0.05, 0.1) is 0 Å². The molecule has 0 atom stereocenters. The van der Waals surface area contributed by atoms with E-state index in [0.717, 1.165) is 4.47 Å². The molecule has 1 aromatic carbocycles. The zero-order valence-corrected chi connectivity index (χ0v) is 10.5. The Bertz CT molecular complexity index is 310. The minimum atomic E-state index is -2.64. The van der Waals surface area contributed by atoms with Gasteiger partial charge < -0.3 is 4.52 Å². The number of rotatable bonds is 2. The molecule has 0 bridgehead atoms. The summed E-state index contributed by atoms with van der Waals surface area (Å²) in [7, 11) is 0. The molecule has 0 heterocycles. The molecule has 1 rings (SSSR count). The second-order valence-electron chi connectivity index (χ2n) is 1.96. The van der Waals surface area contributed by atoms with Gasteiger partial charge in [0.1, 0.15) is 5.75 Å². The zero-order valence-electron chi connectivity index (χ0n) is 5.71. The van der Waals surface area contributed by atoms with Crippen LogP contribution in [0.1, 0.15) is 0 Å². The van der Waals surface area contributed by atoms with E-state index in [0.29, 0.717) is 5.75 Å². The highest BCUT2D eigenvalue weighted by molar-refractivity contribution is 9.10. The molecule has 0 amide bonds. The van der Waals surface area contributed by atoms with Crippen LogP contribution in [0, 0.1) is 0 Å². The van der Waals surface area contributed by atoms with Crippen molar-refractivity contribution in [1.29, 1.82) is 0 Å². The molecule has 0 saturated carbocycles. The predicted molar refractivity (Wildman–Crippen MR) is 60.8 cm³/mol. The standard InChI is InChI=1S/C6H4BrCl2OPS/c7-5-1-3-6(4-2-5)10-11(8,9)12/h1-4H. The van der Waals surface area contributed by atoms with Crippen LogP contribution in [0.25, 0.3) is 0 Å². The number of benzene rings is 1. The van der Waals surface area contributed by atoms with Crippen LogP contribution in [-0.2, 0) is 11.8 Å². The largest absolute Gasteiger partial charge is 0.441 e. The summed E-state index contributed by atoms with van der Waals surface area (Å²) in [6, 6.07) is 7.15. The maximum atomic E-state index is 5.56. The van der Waals surface area contributed by atoms with Gasteiger partial charge in [0.15, 0.2) is 0 Å². The Morgan fingerprint density at radius 1 is 1.25 bits per heavy atom. The van der Waals surface area contributed by atoms with E-state index in [1.54, 1.807) is 12.1 Å². The maximum absolute atomic E-state index is 5.56. The summed E-state index contributed by atoms with van der Waals surface area (Å²) in [5, 5.41) is 0. The highest BCUT2D eigenvalue weighted by Gasteiger charge is 2.09. The third kappa shape index (κ3) is 4.11. The van der Waals surface area contributed by atoms with Crippen molar-refractivity contribution < 1.29 is 4.52 Å². The Hall–Kier alpha value is 0.730. The molecule has 1 nitrogen and oxygen atoms in total. The molecule has 1 aromatic rings. The van der Waals surface area contributed by atoms with Gasteiger partial charge in [-0.1, -0.05) is 15.9 Å². The van der Waals surface area contributed by atoms with E-state index in [1.807, 2.05) is 12.1 Å². The van der Waals surface area contributed by atoms with Crippen LogP contribution in [0.15, 0.2) is 28.7 Å². The number of halogens is 3. The van der Waals surface area contributed by atoms with Crippen LogP contribution < -0.4 is 4.52 Å². The van der Waals surface area contributed by atoms with Crippen LogP contribution in [0.2, 0.25) is 0 Å². The van der Waals surface area contributed by atoms with E-state index in [-0.39, 0.29) is 0 Å². The van der Waals surface area contributed by atoms with Crippen molar-refractivity contribution >= 4 is 55.2 Å². The first-order valence-electron chi connectivity index (χ1n) is 2.92. The molecule has 0 radical (unpaired) electrons. The average molecular weight is 306 g/mol. The van der Waals surface area contributed by atoms with Crippen molar-refractivity contribution in [2.75, 3.05) is 0 Å². The first-order valence-corrected chi connectivity index (χ1v) is 8.24. The van der Waals surface area contributed by atoms with Gasteiger partial charge >= 0.3 is 0 Å².